The second-order valence-corrected chi connectivity index (χ2v) is 6.00. The molecular formula is C20H19NO3. The molecule has 1 atom stereocenters. The van der Waals surface area contributed by atoms with Crippen LogP contribution in [0.5, 0.6) is 5.75 Å². The number of allylic oxidation sites excluding steroid dienone is 1. The highest BCUT2D eigenvalue weighted by atomic mass is 16.7. The van der Waals surface area contributed by atoms with Crippen LogP contribution in [-0.4, -0.2) is 18.2 Å². The fourth-order valence-electron chi connectivity index (χ4n) is 3.28. The average molecular weight is 321 g/mol. The quantitative estimate of drug-likeness (QED) is 0.840. The van der Waals surface area contributed by atoms with Crippen LogP contribution >= 0.6 is 0 Å². The third kappa shape index (κ3) is 2.35. The van der Waals surface area contributed by atoms with Crippen LogP contribution in [0.25, 0.3) is 6.08 Å². The van der Waals surface area contributed by atoms with Gasteiger partial charge in [0.05, 0.1) is 5.69 Å². The zero-order valence-corrected chi connectivity index (χ0v) is 13.6. The summed E-state index contributed by atoms with van der Waals surface area (Å²) < 4.78 is 12.1. The molecule has 0 aliphatic carbocycles. The molecule has 122 valence electrons. The second kappa shape index (κ2) is 5.71. The SMILES string of the molecule is CCN1C(=O)C2(CC/C(=C/c3ccccc3)O2)Oc2ccccc21. The van der Waals surface area contributed by atoms with E-state index in [1.807, 2.05) is 67.6 Å². The number of benzene rings is 2. The summed E-state index contributed by atoms with van der Waals surface area (Å²) in [5.74, 6) is 0.121. The Hall–Kier alpha value is -2.75. The lowest BCUT2D eigenvalue weighted by Crippen LogP contribution is -2.55. The van der Waals surface area contributed by atoms with Gasteiger partial charge in [0.2, 0.25) is 0 Å². The molecule has 0 bridgehead atoms. The normalized spacial score (nSPS) is 24.0. The van der Waals surface area contributed by atoms with Gasteiger partial charge >= 0.3 is 11.7 Å². The summed E-state index contributed by atoms with van der Waals surface area (Å²) in [5, 5.41) is 0. The summed E-state index contributed by atoms with van der Waals surface area (Å²) >= 11 is 0. The maximum atomic E-state index is 13.0. The van der Waals surface area contributed by atoms with Crippen molar-refractivity contribution in [3.05, 3.63) is 65.9 Å². The van der Waals surface area contributed by atoms with Gasteiger partial charge in [0.15, 0.2) is 0 Å². The largest absolute Gasteiger partial charge is 0.449 e. The van der Waals surface area contributed by atoms with E-state index >= 15 is 0 Å². The molecule has 2 heterocycles. The first-order valence-electron chi connectivity index (χ1n) is 8.26. The number of rotatable bonds is 2. The van der Waals surface area contributed by atoms with Gasteiger partial charge in [-0.15, -0.1) is 0 Å². The Morgan fingerprint density at radius 2 is 1.83 bits per heavy atom. The number of carbonyl (C=O) groups is 1. The van der Waals surface area contributed by atoms with Crippen molar-refractivity contribution in [2.45, 2.75) is 25.6 Å². The van der Waals surface area contributed by atoms with Crippen molar-refractivity contribution in [3.8, 4) is 5.75 Å². The van der Waals surface area contributed by atoms with Gasteiger partial charge in [0.25, 0.3) is 0 Å². The third-order valence-electron chi connectivity index (χ3n) is 4.44. The Balaban J connectivity index is 1.67. The van der Waals surface area contributed by atoms with E-state index in [0.29, 0.717) is 25.1 Å². The fraction of sp³-hybridized carbons (Fsp3) is 0.250. The molecule has 4 rings (SSSR count). The van der Waals surface area contributed by atoms with E-state index in [-0.39, 0.29) is 5.91 Å². The second-order valence-electron chi connectivity index (χ2n) is 6.00. The van der Waals surface area contributed by atoms with Crippen molar-refractivity contribution in [1.82, 2.24) is 0 Å². The molecule has 1 saturated heterocycles. The lowest BCUT2D eigenvalue weighted by Gasteiger charge is -2.39. The van der Waals surface area contributed by atoms with Crippen molar-refractivity contribution in [3.63, 3.8) is 0 Å². The summed E-state index contributed by atoms with van der Waals surface area (Å²) in [5.41, 5.74) is 1.86. The Morgan fingerprint density at radius 3 is 2.62 bits per heavy atom. The van der Waals surface area contributed by atoms with Crippen LogP contribution in [0, 0.1) is 0 Å². The van der Waals surface area contributed by atoms with Gasteiger partial charge in [-0.05, 0) is 30.7 Å². The van der Waals surface area contributed by atoms with Gasteiger partial charge in [-0.2, -0.15) is 0 Å². The standard InChI is InChI=1S/C20H19NO3/c1-2-21-17-10-6-7-11-18(17)24-20(19(21)22)13-12-16(23-20)14-15-8-4-3-5-9-15/h3-11,14H,2,12-13H2,1H3/b16-14-. The minimum Gasteiger partial charge on any atom is -0.449 e. The zero-order valence-electron chi connectivity index (χ0n) is 13.6. The van der Waals surface area contributed by atoms with Gasteiger partial charge < -0.3 is 14.4 Å². The topological polar surface area (TPSA) is 38.8 Å². The summed E-state index contributed by atoms with van der Waals surface area (Å²) in [7, 11) is 0. The third-order valence-corrected chi connectivity index (χ3v) is 4.44. The number of hydrogen-bond donors (Lipinski definition) is 0. The highest BCUT2D eigenvalue weighted by Gasteiger charge is 2.53. The fourth-order valence-corrected chi connectivity index (χ4v) is 3.28. The molecule has 1 unspecified atom stereocenters. The molecule has 24 heavy (non-hydrogen) atoms. The van der Waals surface area contributed by atoms with E-state index in [2.05, 4.69) is 0 Å². The van der Waals surface area contributed by atoms with Crippen LogP contribution in [0.4, 0.5) is 5.69 Å². The number of nitrogens with zero attached hydrogens (tertiary/aromatic N) is 1. The van der Waals surface area contributed by atoms with E-state index in [1.165, 1.54) is 0 Å². The van der Waals surface area contributed by atoms with Crippen LogP contribution in [-0.2, 0) is 9.53 Å². The highest BCUT2D eigenvalue weighted by Crippen LogP contribution is 2.44. The van der Waals surface area contributed by atoms with Crippen molar-refractivity contribution >= 4 is 17.7 Å². The monoisotopic (exact) mass is 321 g/mol. The molecule has 0 saturated carbocycles. The maximum Gasteiger partial charge on any atom is 0.332 e. The molecule has 0 N–H and O–H groups in total. The Kier molecular flexibility index (Phi) is 3.53. The van der Waals surface area contributed by atoms with Gasteiger partial charge in [0.1, 0.15) is 11.5 Å². The van der Waals surface area contributed by atoms with E-state index in [4.69, 9.17) is 9.47 Å². The molecule has 1 fully saturated rings. The number of anilines is 1. The number of hydrogen-bond acceptors (Lipinski definition) is 3. The van der Waals surface area contributed by atoms with Crippen molar-refractivity contribution in [2.75, 3.05) is 11.4 Å². The zero-order chi connectivity index (χ0) is 16.6. The molecule has 2 aliphatic rings. The first-order chi connectivity index (χ1) is 11.7. The number of carbonyl (C=O) groups excluding carboxylic acids is 1. The number of ether oxygens (including phenoxy) is 2. The Morgan fingerprint density at radius 1 is 1.08 bits per heavy atom. The maximum absolute atomic E-state index is 13.0. The Bertz CT molecular complexity index is 800. The predicted octanol–water partition coefficient (Wildman–Crippen LogP) is 3.98. The molecule has 0 radical (unpaired) electrons. The van der Waals surface area contributed by atoms with Crippen LogP contribution in [0.3, 0.4) is 0 Å². The minimum atomic E-state index is -1.23. The average Bonchev–Trinajstić information content (AvgIpc) is 3.00. The van der Waals surface area contributed by atoms with Gasteiger partial charge in [-0.1, -0.05) is 42.5 Å². The minimum absolute atomic E-state index is 0.125. The van der Waals surface area contributed by atoms with Gasteiger partial charge in [0, 0.05) is 19.4 Å². The van der Waals surface area contributed by atoms with Crippen LogP contribution < -0.4 is 9.64 Å². The summed E-state index contributed by atoms with van der Waals surface area (Å²) in [6, 6.07) is 17.6. The van der Waals surface area contributed by atoms with Crippen LogP contribution in [0.1, 0.15) is 25.3 Å². The molecule has 1 amide bonds. The van der Waals surface area contributed by atoms with Gasteiger partial charge in [-0.3, -0.25) is 4.79 Å². The lowest BCUT2D eigenvalue weighted by molar-refractivity contribution is -0.171. The van der Waals surface area contributed by atoms with E-state index in [9.17, 15) is 4.79 Å². The van der Waals surface area contributed by atoms with Crippen LogP contribution in [0.15, 0.2) is 60.4 Å². The number of para-hydroxylation sites is 2. The summed E-state index contributed by atoms with van der Waals surface area (Å²) in [4.78, 5) is 14.7. The number of likely N-dealkylation sites (N-methyl/N-ethyl adjacent to an activating group) is 1. The smallest absolute Gasteiger partial charge is 0.332 e. The molecule has 2 aliphatic heterocycles. The lowest BCUT2D eigenvalue weighted by atomic mass is 10.1. The first-order valence-corrected chi connectivity index (χ1v) is 8.26. The number of fused-ring (bicyclic) bond motifs is 1. The highest BCUT2D eigenvalue weighted by molar-refractivity contribution is 6.02. The van der Waals surface area contributed by atoms with Crippen molar-refractivity contribution < 1.29 is 14.3 Å². The van der Waals surface area contributed by atoms with Gasteiger partial charge in [-0.25, -0.2) is 0 Å². The van der Waals surface area contributed by atoms with E-state index in [1.54, 1.807) is 4.90 Å². The number of amides is 1. The van der Waals surface area contributed by atoms with E-state index in [0.717, 1.165) is 17.0 Å². The summed E-state index contributed by atoms with van der Waals surface area (Å²) in [6.45, 7) is 2.55. The van der Waals surface area contributed by atoms with E-state index < -0.39 is 5.79 Å². The summed E-state index contributed by atoms with van der Waals surface area (Å²) in [6.07, 6.45) is 3.18. The van der Waals surface area contributed by atoms with Crippen molar-refractivity contribution in [1.29, 1.82) is 0 Å². The molecule has 0 aromatic heterocycles. The molecule has 2 aromatic carbocycles. The first kappa shape index (κ1) is 14.8. The predicted molar refractivity (Wildman–Crippen MR) is 92.6 cm³/mol. The van der Waals surface area contributed by atoms with Crippen LogP contribution in [0.2, 0.25) is 0 Å². The molecule has 4 nitrogen and oxygen atoms in total. The molecule has 1 spiro atoms. The van der Waals surface area contributed by atoms with Crippen molar-refractivity contribution in [2.24, 2.45) is 0 Å². The Labute approximate surface area is 141 Å². The molecule has 4 heteroatoms. The molecule has 2 aromatic rings. The molecular weight excluding hydrogens is 302 g/mol.